The molecule has 3 rings (SSSR count). The summed E-state index contributed by atoms with van der Waals surface area (Å²) in [6.45, 7) is 7.00. The molecule has 0 saturated heterocycles. The Labute approximate surface area is 165 Å². The van der Waals surface area contributed by atoms with Gasteiger partial charge in [-0.05, 0) is 57.2 Å². The van der Waals surface area contributed by atoms with E-state index in [9.17, 15) is 14.9 Å². The normalized spacial score (nSPS) is 14.8. The second-order valence-corrected chi connectivity index (χ2v) is 7.56. The lowest BCUT2D eigenvalue weighted by Gasteiger charge is -2.23. The van der Waals surface area contributed by atoms with E-state index >= 15 is 0 Å². The van der Waals surface area contributed by atoms with Gasteiger partial charge in [0.2, 0.25) is 0 Å². The Morgan fingerprint density at radius 2 is 1.79 bits per heavy atom. The van der Waals surface area contributed by atoms with Crippen LogP contribution in [-0.4, -0.2) is 22.1 Å². The van der Waals surface area contributed by atoms with Gasteiger partial charge >= 0.3 is 5.97 Å². The SMILES string of the molecule is CCOC(=O)c1c(-c2ccc([N+](=O)[O-])cc2)c(C)n(CC2CCCCC2)c1C. The van der Waals surface area contributed by atoms with Crippen molar-refractivity contribution in [3.8, 4) is 11.1 Å². The van der Waals surface area contributed by atoms with Gasteiger partial charge in [0.1, 0.15) is 0 Å². The van der Waals surface area contributed by atoms with Crippen LogP contribution in [0.4, 0.5) is 5.69 Å². The first kappa shape index (κ1) is 20.1. The van der Waals surface area contributed by atoms with Gasteiger partial charge < -0.3 is 9.30 Å². The monoisotopic (exact) mass is 384 g/mol. The molecule has 1 fully saturated rings. The Bertz CT molecular complexity index is 862. The molecule has 28 heavy (non-hydrogen) atoms. The van der Waals surface area contributed by atoms with Crippen LogP contribution < -0.4 is 0 Å². The van der Waals surface area contributed by atoms with E-state index in [1.54, 1.807) is 19.1 Å². The maximum absolute atomic E-state index is 12.7. The third-order valence-electron chi connectivity index (χ3n) is 5.80. The molecule has 1 heterocycles. The highest BCUT2D eigenvalue weighted by molar-refractivity contribution is 5.99. The van der Waals surface area contributed by atoms with Gasteiger partial charge in [-0.3, -0.25) is 10.1 Å². The first-order valence-electron chi connectivity index (χ1n) is 10.1. The van der Waals surface area contributed by atoms with Gasteiger partial charge in [0.05, 0.1) is 17.1 Å². The molecular formula is C22H28N2O4. The third-order valence-corrected chi connectivity index (χ3v) is 5.80. The highest BCUT2D eigenvalue weighted by Gasteiger charge is 2.27. The number of ether oxygens (including phenoxy) is 1. The van der Waals surface area contributed by atoms with E-state index in [2.05, 4.69) is 4.57 Å². The second kappa shape index (κ2) is 8.59. The standard InChI is InChI=1S/C22H28N2O4/c1-4-28-22(25)21-16(3)23(14-17-8-6-5-7-9-17)15(2)20(21)18-10-12-19(13-11-18)24(26)27/h10-13,17H,4-9,14H2,1-3H3. The molecule has 150 valence electrons. The summed E-state index contributed by atoms with van der Waals surface area (Å²) in [4.78, 5) is 23.3. The van der Waals surface area contributed by atoms with E-state index in [0.717, 1.165) is 29.1 Å². The minimum atomic E-state index is -0.414. The van der Waals surface area contributed by atoms with Crippen molar-refractivity contribution in [2.45, 2.75) is 59.4 Å². The Kier molecular flexibility index (Phi) is 6.17. The topological polar surface area (TPSA) is 74.4 Å². The number of nitrogens with zero attached hydrogens (tertiary/aromatic N) is 2. The smallest absolute Gasteiger partial charge is 0.340 e. The fourth-order valence-electron chi connectivity index (χ4n) is 4.34. The van der Waals surface area contributed by atoms with Gasteiger partial charge in [-0.1, -0.05) is 19.3 Å². The van der Waals surface area contributed by atoms with Gasteiger partial charge in [0.15, 0.2) is 0 Å². The molecule has 1 aromatic heterocycles. The van der Waals surface area contributed by atoms with Crippen LogP contribution in [-0.2, 0) is 11.3 Å². The van der Waals surface area contributed by atoms with Crippen LogP contribution in [0.15, 0.2) is 24.3 Å². The number of carbonyl (C=O) groups excluding carboxylic acids is 1. The number of benzene rings is 1. The van der Waals surface area contributed by atoms with Gasteiger partial charge in [-0.25, -0.2) is 4.79 Å². The number of nitro groups is 1. The number of non-ortho nitro benzene ring substituents is 1. The van der Waals surface area contributed by atoms with Gasteiger partial charge in [0.25, 0.3) is 5.69 Å². The molecule has 0 unspecified atom stereocenters. The predicted octanol–water partition coefficient (Wildman–Crippen LogP) is 5.44. The maximum Gasteiger partial charge on any atom is 0.340 e. The Balaban J connectivity index is 2.06. The molecule has 0 radical (unpaired) electrons. The fraction of sp³-hybridized carbons (Fsp3) is 0.500. The number of rotatable bonds is 6. The molecule has 1 aromatic carbocycles. The summed E-state index contributed by atoms with van der Waals surface area (Å²) < 4.78 is 7.57. The zero-order valence-corrected chi connectivity index (χ0v) is 16.9. The van der Waals surface area contributed by atoms with E-state index < -0.39 is 4.92 Å². The minimum absolute atomic E-state index is 0.0393. The first-order valence-corrected chi connectivity index (χ1v) is 10.1. The second-order valence-electron chi connectivity index (χ2n) is 7.56. The van der Waals surface area contributed by atoms with Crippen molar-refractivity contribution < 1.29 is 14.5 Å². The summed E-state index contributed by atoms with van der Waals surface area (Å²) in [5.41, 5.74) is 4.16. The van der Waals surface area contributed by atoms with Crippen molar-refractivity contribution in [1.29, 1.82) is 0 Å². The van der Waals surface area contributed by atoms with Crippen molar-refractivity contribution in [1.82, 2.24) is 4.57 Å². The molecule has 0 atom stereocenters. The number of aromatic nitrogens is 1. The number of hydrogen-bond donors (Lipinski definition) is 0. The molecule has 0 aliphatic heterocycles. The molecular weight excluding hydrogens is 356 g/mol. The summed E-state index contributed by atoms with van der Waals surface area (Å²) in [6.07, 6.45) is 6.29. The predicted molar refractivity (Wildman–Crippen MR) is 109 cm³/mol. The number of nitro benzene ring substituents is 1. The molecule has 6 nitrogen and oxygen atoms in total. The summed E-state index contributed by atoms with van der Waals surface area (Å²) >= 11 is 0. The molecule has 0 spiro atoms. The largest absolute Gasteiger partial charge is 0.462 e. The van der Waals surface area contributed by atoms with Crippen molar-refractivity contribution in [2.75, 3.05) is 6.61 Å². The van der Waals surface area contributed by atoms with Crippen LogP contribution in [0.2, 0.25) is 0 Å². The van der Waals surface area contributed by atoms with Crippen LogP contribution >= 0.6 is 0 Å². The van der Waals surface area contributed by atoms with Crippen LogP contribution in [0.3, 0.4) is 0 Å². The highest BCUT2D eigenvalue weighted by atomic mass is 16.6. The molecule has 0 N–H and O–H groups in total. The van der Waals surface area contributed by atoms with Gasteiger partial charge in [0, 0.05) is 35.6 Å². The van der Waals surface area contributed by atoms with E-state index in [0.29, 0.717) is 18.1 Å². The van der Waals surface area contributed by atoms with Crippen LogP contribution in [0.1, 0.15) is 60.8 Å². The van der Waals surface area contributed by atoms with Crippen LogP contribution in [0.5, 0.6) is 0 Å². The fourth-order valence-corrected chi connectivity index (χ4v) is 4.34. The van der Waals surface area contributed by atoms with Crippen LogP contribution in [0.25, 0.3) is 11.1 Å². The maximum atomic E-state index is 12.7. The summed E-state index contributed by atoms with van der Waals surface area (Å²) in [6, 6.07) is 6.40. The van der Waals surface area contributed by atoms with Crippen molar-refractivity contribution >= 4 is 11.7 Å². The van der Waals surface area contributed by atoms with Crippen molar-refractivity contribution in [3.05, 3.63) is 51.3 Å². The summed E-state index contributed by atoms with van der Waals surface area (Å²) in [5.74, 6) is 0.289. The van der Waals surface area contributed by atoms with E-state index in [1.165, 1.54) is 44.2 Å². The molecule has 1 saturated carbocycles. The summed E-state index contributed by atoms with van der Waals surface area (Å²) in [5, 5.41) is 11.0. The number of esters is 1. The zero-order valence-electron chi connectivity index (χ0n) is 16.9. The van der Waals surface area contributed by atoms with E-state index in [1.807, 2.05) is 13.8 Å². The number of hydrogen-bond acceptors (Lipinski definition) is 4. The minimum Gasteiger partial charge on any atom is -0.462 e. The Morgan fingerprint density at radius 1 is 1.14 bits per heavy atom. The number of carbonyl (C=O) groups is 1. The average molecular weight is 384 g/mol. The first-order chi connectivity index (χ1) is 13.4. The van der Waals surface area contributed by atoms with Crippen molar-refractivity contribution in [3.63, 3.8) is 0 Å². The van der Waals surface area contributed by atoms with Crippen LogP contribution in [0, 0.1) is 29.9 Å². The quantitative estimate of drug-likeness (QED) is 0.378. The van der Waals surface area contributed by atoms with Crippen molar-refractivity contribution in [2.24, 2.45) is 5.92 Å². The average Bonchev–Trinajstić information content (AvgIpc) is 2.94. The van der Waals surface area contributed by atoms with Gasteiger partial charge in [-0.15, -0.1) is 0 Å². The molecule has 0 amide bonds. The molecule has 0 bridgehead atoms. The molecule has 6 heteroatoms. The van der Waals surface area contributed by atoms with E-state index in [-0.39, 0.29) is 11.7 Å². The Morgan fingerprint density at radius 3 is 2.36 bits per heavy atom. The lowest BCUT2D eigenvalue weighted by molar-refractivity contribution is -0.384. The highest BCUT2D eigenvalue weighted by Crippen LogP contribution is 2.36. The lowest BCUT2D eigenvalue weighted by atomic mass is 9.89. The molecule has 1 aliphatic carbocycles. The molecule has 1 aliphatic rings. The molecule has 2 aromatic rings. The Hall–Kier alpha value is -2.63. The van der Waals surface area contributed by atoms with Gasteiger partial charge in [-0.2, -0.15) is 0 Å². The summed E-state index contributed by atoms with van der Waals surface area (Å²) in [7, 11) is 0. The third kappa shape index (κ3) is 3.96. The van der Waals surface area contributed by atoms with E-state index in [4.69, 9.17) is 4.74 Å². The lowest BCUT2D eigenvalue weighted by Crippen LogP contribution is -2.16. The zero-order chi connectivity index (χ0) is 20.3.